The van der Waals surface area contributed by atoms with Gasteiger partial charge in [0.2, 0.25) is 0 Å². The third-order valence-corrected chi connectivity index (χ3v) is 5.85. The van der Waals surface area contributed by atoms with E-state index < -0.39 is 0 Å². The fraction of sp³-hybridized carbons (Fsp3) is 0.600. The molecular weight excluding hydrogens is 263 g/mol. The monoisotopic (exact) mass is 290 g/mol. The van der Waals surface area contributed by atoms with Crippen molar-refractivity contribution in [2.24, 2.45) is 11.8 Å². The molecule has 0 aromatic rings. The van der Waals surface area contributed by atoms with Crippen molar-refractivity contribution in [3.05, 3.63) is 46.6 Å². The quantitative estimate of drug-likeness (QED) is 0.624. The zero-order valence-corrected chi connectivity index (χ0v) is 12.5. The van der Waals surface area contributed by atoms with Gasteiger partial charge in [-0.05, 0) is 87.2 Å². The average Bonchev–Trinajstić information content (AvgIpc) is 3.09. The second kappa shape index (κ2) is 7.02. The standard InChI is InChI=1S/C20H26.Na.H/c1-3-7-19-15(5-1)9-11-17(19)13-14-18-12-10-16-6-2-4-8-20(16)18;;/h9-12,17-18H,1-8,13-14H2;;. The summed E-state index contributed by atoms with van der Waals surface area (Å²) in [7, 11) is 0. The van der Waals surface area contributed by atoms with Crippen LogP contribution in [-0.4, -0.2) is 29.6 Å². The molecule has 0 saturated carbocycles. The summed E-state index contributed by atoms with van der Waals surface area (Å²) in [4.78, 5) is 0. The maximum absolute atomic E-state index is 2.50. The van der Waals surface area contributed by atoms with Gasteiger partial charge in [0.1, 0.15) is 0 Å². The summed E-state index contributed by atoms with van der Waals surface area (Å²) in [6.07, 6.45) is 23.8. The van der Waals surface area contributed by atoms with Crippen LogP contribution in [0.2, 0.25) is 0 Å². The number of allylic oxidation sites excluding steroid dienone is 8. The van der Waals surface area contributed by atoms with Gasteiger partial charge in [0.25, 0.3) is 0 Å². The molecule has 0 radical (unpaired) electrons. The molecule has 21 heavy (non-hydrogen) atoms. The van der Waals surface area contributed by atoms with Gasteiger partial charge in [0.05, 0.1) is 0 Å². The third-order valence-electron chi connectivity index (χ3n) is 5.85. The molecular formula is C20H27Na. The molecule has 0 amide bonds. The molecule has 0 bridgehead atoms. The summed E-state index contributed by atoms with van der Waals surface area (Å²) < 4.78 is 0. The summed E-state index contributed by atoms with van der Waals surface area (Å²) in [6, 6.07) is 0. The van der Waals surface area contributed by atoms with Gasteiger partial charge in [-0.25, -0.2) is 0 Å². The predicted octanol–water partition coefficient (Wildman–Crippen LogP) is 5.23. The first-order valence-corrected chi connectivity index (χ1v) is 8.72. The molecule has 0 aliphatic heterocycles. The van der Waals surface area contributed by atoms with Crippen LogP contribution in [0.15, 0.2) is 46.6 Å². The second-order valence-electron chi connectivity index (χ2n) is 7.02. The van der Waals surface area contributed by atoms with Gasteiger partial charge in [-0.2, -0.15) is 0 Å². The molecule has 108 valence electrons. The van der Waals surface area contributed by atoms with E-state index in [2.05, 4.69) is 24.3 Å². The molecule has 4 aliphatic carbocycles. The maximum atomic E-state index is 2.50. The van der Waals surface area contributed by atoms with E-state index in [9.17, 15) is 0 Å². The van der Waals surface area contributed by atoms with Crippen molar-refractivity contribution in [2.45, 2.75) is 64.2 Å². The number of rotatable bonds is 3. The van der Waals surface area contributed by atoms with Gasteiger partial charge in [0, 0.05) is 0 Å². The van der Waals surface area contributed by atoms with Gasteiger partial charge >= 0.3 is 29.6 Å². The SMILES string of the molecule is C1=CC(CCC2C=CC3=C2CCCC3)C2=C1CCCC2.[NaH]. The fourth-order valence-electron chi connectivity index (χ4n) is 4.73. The van der Waals surface area contributed by atoms with E-state index in [4.69, 9.17) is 0 Å². The van der Waals surface area contributed by atoms with Crippen LogP contribution in [0.25, 0.3) is 0 Å². The zero-order valence-electron chi connectivity index (χ0n) is 12.5. The van der Waals surface area contributed by atoms with Crippen molar-refractivity contribution in [3.63, 3.8) is 0 Å². The van der Waals surface area contributed by atoms with E-state index in [-0.39, 0.29) is 29.6 Å². The Morgan fingerprint density at radius 1 is 0.667 bits per heavy atom. The first-order valence-electron chi connectivity index (χ1n) is 8.72. The Labute approximate surface area is 151 Å². The van der Waals surface area contributed by atoms with Crippen molar-refractivity contribution in [1.82, 2.24) is 0 Å². The van der Waals surface area contributed by atoms with E-state index in [0.717, 1.165) is 11.8 Å². The molecule has 4 rings (SSSR count). The Balaban J connectivity index is 0.00000132. The zero-order chi connectivity index (χ0) is 13.4. The van der Waals surface area contributed by atoms with Crippen LogP contribution in [0.1, 0.15) is 64.2 Å². The Bertz CT molecular complexity index is 470. The summed E-state index contributed by atoms with van der Waals surface area (Å²) in [5.41, 5.74) is 6.99. The average molecular weight is 290 g/mol. The second-order valence-corrected chi connectivity index (χ2v) is 7.02. The summed E-state index contributed by atoms with van der Waals surface area (Å²) in [5.74, 6) is 1.57. The first kappa shape index (κ1) is 15.8. The minimum atomic E-state index is 0. The van der Waals surface area contributed by atoms with Crippen LogP contribution in [-0.2, 0) is 0 Å². The van der Waals surface area contributed by atoms with Gasteiger partial charge in [0.15, 0.2) is 0 Å². The van der Waals surface area contributed by atoms with Crippen LogP contribution in [0.5, 0.6) is 0 Å². The van der Waals surface area contributed by atoms with Crippen LogP contribution in [0.4, 0.5) is 0 Å². The van der Waals surface area contributed by atoms with Crippen LogP contribution >= 0.6 is 0 Å². The summed E-state index contributed by atoms with van der Waals surface area (Å²) in [6.45, 7) is 0. The van der Waals surface area contributed by atoms with Crippen molar-refractivity contribution in [1.29, 1.82) is 0 Å². The molecule has 4 aliphatic rings. The molecule has 2 unspecified atom stereocenters. The minimum absolute atomic E-state index is 0. The fourth-order valence-corrected chi connectivity index (χ4v) is 4.73. The Hall–Kier alpha value is -0.0400. The molecule has 0 heterocycles. The van der Waals surface area contributed by atoms with Gasteiger partial charge in [-0.1, -0.05) is 35.5 Å². The van der Waals surface area contributed by atoms with Crippen molar-refractivity contribution in [2.75, 3.05) is 0 Å². The molecule has 0 nitrogen and oxygen atoms in total. The van der Waals surface area contributed by atoms with Gasteiger partial charge in [-0.15, -0.1) is 0 Å². The number of hydrogen-bond donors (Lipinski definition) is 0. The predicted molar refractivity (Wildman–Crippen MR) is 92.6 cm³/mol. The molecule has 1 heteroatoms. The molecule has 2 atom stereocenters. The molecule has 0 spiro atoms. The van der Waals surface area contributed by atoms with Crippen molar-refractivity contribution >= 4 is 29.6 Å². The van der Waals surface area contributed by atoms with Gasteiger partial charge in [-0.3, -0.25) is 0 Å². The Morgan fingerprint density at radius 2 is 1.10 bits per heavy atom. The first-order chi connectivity index (χ1) is 9.92. The Morgan fingerprint density at radius 3 is 1.57 bits per heavy atom. The number of hydrogen-bond acceptors (Lipinski definition) is 0. The van der Waals surface area contributed by atoms with E-state index in [1.165, 1.54) is 64.2 Å². The van der Waals surface area contributed by atoms with Crippen molar-refractivity contribution < 1.29 is 0 Å². The van der Waals surface area contributed by atoms with Gasteiger partial charge < -0.3 is 0 Å². The van der Waals surface area contributed by atoms with Crippen LogP contribution in [0.3, 0.4) is 0 Å². The molecule has 0 aromatic heterocycles. The topological polar surface area (TPSA) is 0 Å². The molecule has 0 aromatic carbocycles. The summed E-state index contributed by atoms with van der Waals surface area (Å²) >= 11 is 0. The van der Waals surface area contributed by atoms with E-state index >= 15 is 0 Å². The summed E-state index contributed by atoms with van der Waals surface area (Å²) in [5, 5.41) is 0. The van der Waals surface area contributed by atoms with E-state index in [1.807, 2.05) is 0 Å². The van der Waals surface area contributed by atoms with Crippen molar-refractivity contribution in [3.8, 4) is 0 Å². The van der Waals surface area contributed by atoms with E-state index in [1.54, 1.807) is 22.3 Å². The van der Waals surface area contributed by atoms with E-state index in [0.29, 0.717) is 0 Å². The van der Waals surface area contributed by atoms with Crippen LogP contribution in [0, 0.1) is 11.8 Å². The Kier molecular flexibility index (Phi) is 5.30. The third kappa shape index (κ3) is 3.19. The normalized spacial score (nSPS) is 30.5. The molecule has 0 fully saturated rings. The molecule has 0 N–H and O–H groups in total. The molecule has 0 saturated heterocycles. The van der Waals surface area contributed by atoms with Crippen LogP contribution < -0.4 is 0 Å².